The lowest BCUT2D eigenvalue weighted by molar-refractivity contribution is 0.102. The van der Waals surface area contributed by atoms with E-state index >= 15 is 0 Å². The maximum Gasteiger partial charge on any atom is 0.261 e. The number of rotatable bonds is 10. The Labute approximate surface area is 199 Å². The molecule has 0 aliphatic carbocycles. The number of amides is 1. The molecule has 0 heterocycles. The Hall–Kier alpha value is -3.47. The van der Waals surface area contributed by atoms with Crippen LogP contribution >= 0.6 is 0 Å². The van der Waals surface area contributed by atoms with Gasteiger partial charge >= 0.3 is 0 Å². The summed E-state index contributed by atoms with van der Waals surface area (Å²) in [6.07, 6.45) is 1.46. The average molecular weight is 500 g/mol. The summed E-state index contributed by atoms with van der Waals surface area (Å²) in [7, 11) is -7.27. The molecular formula is C24H25N3O5S2. The Morgan fingerprint density at radius 3 is 2.03 bits per heavy atom. The summed E-state index contributed by atoms with van der Waals surface area (Å²) in [4.78, 5) is 12.6. The summed E-state index contributed by atoms with van der Waals surface area (Å²) >= 11 is 0. The maximum absolute atomic E-state index is 12.6. The van der Waals surface area contributed by atoms with E-state index in [0.29, 0.717) is 16.9 Å². The molecule has 0 fully saturated rings. The van der Waals surface area contributed by atoms with Crippen LogP contribution in [0.4, 0.5) is 11.4 Å². The molecule has 0 saturated carbocycles. The van der Waals surface area contributed by atoms with Crippen molar-refractivity contribution in [1.29, 1.82) is 0 Å². The van der Waals surface area contributed by atoms with Crippen LogP contribution in [0, 0.1) is 6.92 Å². The molecule has 10 heteroatoms. The highest BCUT2D eigenvalue weighted by atomic mass is 32.2. The van der Waals surface area contributed by atoms with Gasteiger partial charge in [0.05, 0.1) is 10.6 Å². The molecule has 0 aliphatic heterocycles. The van der Waals surface area contributed by atoms with Crippen LogP contribution in [0.25, 0.3) is 0 Å². The molecule has 0 aliphatic rings. The highest BCUT2D eigenvalue weighted by Crippen LogP contribution is 2.18. The molecule has 3 rings (SSSR count). The first kappa shape index (κ1) is 25.2. The van der Waals surface area contributed by atoms with Crippen LogP contribution in [0.15, 0.2) is 90.3 Å². The smallest absolute Gasteiger partial charge is 0.261 e. The molecule has 34 heavy (non-hydrogen) atoms. The lowest BCUT2D eigenvalue weighted by Crippen LogP contribution is -2.25. The van der Waals surface area contributed by atoms with Crippen molar-refractivity contribution in [3.63, 3.8) is 0 Å². The first-order valence-electron chi connectivity index (χ1n) is 10.3. The van der Waals surface area contributed by atoms with E-state index in [0.717, 1.165) is 5.56 Å². The Morgan fingerprint density at radius 1 is 0.853 bits per heavy atom. The SMILES string of the molecule is C=CCNS(=O)(=O)Cc1ccc(NC(=O)c2ccc(S(=O)(=O)Nc3ccc(C)cc3)cc2)cc1. The van der Waals surface area contributed by atoms with Crippen LogP contribution in [0.1, 0.15) is 21.5 Å². The molecule has 0 unspecified atom stereocenters. The number of anilines is 2. The van der Waals surface area contributed by atoms with Crippen molar-refractivity contribution in [3.8, 4) is 0 Å². The van der Waals surface area contributed by atoms with E-state index in [1.807, 2.05) is 6.92 Å². The van der Waals surface area contributed by atoms with Gasteiger partial charge in [-0.1, -0.05) is 35.9 Å². The molecule has 0 aromatic heterocycles. The van der Waals surface area contributed by atoms with E-state index in [9.17, 15) is 21.6 Å². The van der Waals surface area contributed by atoms with Crippen molar-refractivity contribution in [3.05, 3.63) is 102 Å². The molecule has 3 N–H and O–H groups in total. The first-order chi connectivity index (χ1) is 16.1. The number of benzene rings is 3. The molecule has 0 atom stereocenters. The molecule has 1 amide bonds. The van der Waals surface area contributed by atoms with Gasteiger partial charge in [0.25, 0.3) is 15.9 Å². The van der Waals surface area contributed by atoms with E-state index in [-0.39, 0.29) is 22.8 Å². The van der Waals surface area contributed by atoms with E-state index in [1.54, 1.807) is 48.5 Å². The summed E-state index contributed by atoms with van der Waals surface area (Å²) in [6, 6.07) is 18.9. The molecule has 3 aromatic carbocycles. The molecule has 178 valence electrons. The average Bonchev–Trinajstić information content (AvgIpc) is 2.80. The summed E-state index contributed by atoms with van der Waals surface area (Å²) < 4.78 is 54.0. The van der Waals surface area contributed by atoms with Crippen LogP contribution in [-0.4, -0.2) is 29.3 Å². The third-order valence-electron chi connectivity index (χ3n) is 4.75. The van der Waals surface area contributed by atoms with Crippen LogP contribution in [0.5, 0.6) is 0 Å². The molecule has 3 aromatic rings. The quantitative estimate of drug-likeness (QED) is 0.368. The maximum atomic E-state index is 12.6. The second-order valence-electron chi connectivity index (χ2n) is 7.54. The fourth-order valence-electron chi connectivity index (χ4n) is 2.97. The van der Waals surface area contributed by atoms with Crippen molar-refractivity contribution >= 4 is 37.3 Å². The minimum absolute atomic E-state index is 0.0280. The third kappa shape index (κ3) is 7.01. The first-order valence-corrected chi connectivity index (χ1v) is 13.4. The van der Waals surface area contributed by atoms with Gasteiger partial charge in [0.15, 0.2) is 0 Å². The predicted molar refractivity (Wildman–Crippen MR) is 134 cm³/mol. The van der Waals surface area contributed by atoms with Crippen LogP contribution in [0.2, 0.25) is 0 Å². The van der Waals surface area contributed by atoms with Crippen LogP contribution < -0.4 is 14.8 Å². The van der Waals surface area contributed by atoms with Gasteiger partial charge in [0.2, 0.25) is 10.0 Å². The minimum atomic E-state index is -3.79. The number of sulfonamides is 2. The largest absolute Gasteiger partial charge is 0.322 e. The highest BCUT2D eigenvalue weighted by Gasteiger charge is 2.16. The lowest BCUT2D eigenvalue weighted by Gasteiger charge is -2.10. The Kier molecular flexibility index (Phi) is 7.87. The zero-order valence-corrected chi connectivity index (χ0v) is 20.1. The van der Waals surface area contributed by atoms with E-state index in [4.69, 9.17) is 0 Å². The third-order valence-corrected chi connectivity index (χ3v) is 7.46. The zero-order chi connectivity index (χ0) is 24.8. The van der Waals surface area contributed by atoms with Gasteiger partial charge in [-0.2, -0.15) is 0 Å². The topological polar surface area (TPSA) is 121 Å². The summed E-state index contributed by atoms with van der Waals surface area (Å²) in [6.45, 7) is 5.53. The van der Waals surface area contributed by atoms with Gasteiger partial charge in [-0.15, -0.1) is 6.58 Å². The molecule has 0 bridgehead atoms. The van der Waals surface area contributed by atoms with E-state index in [2.05, 4.69) is 21.3 Å². The van der Waals surface area contributed by atoms with Gasteiger partial charge in [0, 0.05) is 23.5 Å². The van der Waals surface area contributed by atoms with E-state index in [1.165, 1.54) is 30.3 Å². The second-order valence-corrected chi connectivity index (χ2v) is 11.0. The lowest BCUT2D eigenvalue weighted by atomic mass is 10.2. The molecule has 8 nitrogen and oxygen atoms in total. The van der Waals surface area contributed by atoms with Gasteiger partial charge in [-0.25, -0.2) is 21.6 Å². The molecule has 0 saturated heterocycles. The van der Waals surface area contributed by atoms with Crippen LogP contribution in [0.3, 0.4) is 0 Å². The fourth-order valence-corrected chi connectivity index (χ4v) is 5.13. The Balaban J connectivity index is 1.63. The standard InChI is InChI=1S/C24H25N3O5S2/c1-3-16-25-33(29,30)17-19-6-12-21(13-7-19)26-24(28)20-8-14-23(15-9-20)34(31,32)27-22-10-4-18(2)5-11-22/h3-15,25,27H,1,16-17H2,2H3,(H,26,28). The Bertz CT molecular complexity index is 1370. The number of hydrogen-bond donors (Lipinski definition) is 3. The molecule has 0 spiro atoms. The number of hydrogen-bond acceptors (Lipinski definition) is 5. The predicted octanol–water partition coefficient (Wildman–Crippen LogP) is 3.65. The van der Waals surface area contributed by atoms with Crippen molar-refractivity contribution in [2.45, 2.75) is 17.6 Å². The van der Waals surface area contributed by atoms with Crippen molar-refractivity contribution in [2.24, 2.45) is 0 Å². The molecular weight excluding hydrogens is 474 g/mol. The van der Waals surface area contributed by atoms with Crippen molar-refractivity contribution in [1.82, 2.24) is 4.72 Å². The van der Waals surface area contributed by atoms with Crippen molar-refractivity contribution in [2.75, 3.05) is 16.6 Å². The van der Waals surface area contributed by atoms with E-state index < -0.39 is 26.0 Å². The van der Waals surface area contributed by atoms with Gasteiger partial charge < -0.3 is 5.32 Å². The minimum Gasteiger partial charge on any atom is -0.322 e. The van der Waals surface area contributed by atoms with Gasteiger partial charge in [-0.3, -0.25) is 9.52 Å². The molecule has 0 radical (unpaired) electrons. The summed E-state index contributed by atoms with van der Waals surface area (Å²) in [5, 5.41) is 2.70. The summed E-state index contributed by atoms with van der Waals surface area (Å²) in [5.74, 6) is -0.620. The normalized spacial score (nSPS) is 11.6. The monoisotopic (exact) mass is 499 g/mol. The number of carbonyl (C=O) groups excluding carboxylic acids is 1. The highest BCUT2D eigenvalue weighted by molar-refractivity contribution is 7.92. The van der Waals surface area contributed by atoms with Gasteiger partial charge in [0.1, 0.15) is 0 Å². The van der Waals surface area contributed by atoms with Crippen LogP contribution in [-0.2, 0) is 25.8 Å². The number of nitrogens with one attached hydrogen (secondary N) is 3. The fraction of sp³-hybridized carbons (Fsp3) is 0.125. The zero-order valence-electron chi connectivity index (χ0n) is 18.5. The number of aryl methyl sites for hydroxylation is 1. The Morgan fingerprint density at radius 2 is 1.44 bits per heavy atom. The summed E-state index contributed by atoms with van der Waals surface area (Å²) in [5.41, 5.74) is 2.77. The van der Waals surface area contributed by atoms with Crippen molar-refractivity contribution < 1.29 is 21.6 Å². The second kappa shape index (κ2) is 10.6. The number of carbonyl (C=O) groups is 1. The van der Waals surface area contributed by atoms with Gasteiger partial charge in [-0.05, 0) is 61.0 Å².